The summed E-state index contributed by atoms with van der Waals surface area (Å²) in [5, 5.41) is 3.30. The topological polar surface area (TPSA) is 52.7 Å². The van der Waals surface area contributed by atoms with E-state index in [9.17, 15) is 14.0 Å². The van der Waals surface area contributed by atoms with Gasteiger partial charge in [-0.05, 0) is 35.2 Å². The van der Waals surface area contributed by atoms with Crippen LogP contribution in [0, 0.1) is 5.82 Å². The summed E-state index contributed by atoms with van der Waals surface area (Å²) in [6.45, 7) is 4.04. The summed E-state index contributed by atoms with van der Waals surface area (Å²) in [6, 6.07) is 14.0. The maximum absolute atomic E-state index is 13.8. The number of nitrogens with zero attached hydrogens (tertiary/aromatic N) is 2. The largest absolute Gasteiger partial charge is 0.335 e. The van der Waals surface area contributed by atoms with E-state index in [1.165, 1.54) is 17.7 Å². The van der Waals surface area contributed by atoms with Crippen LogP contribution in [0.4, 0.5) is 4.39 Å². The van der Waals surface area contributed by atoms with Gasteiger partial charge in [-0.25, -0.2) is 4.39 Å². The van der Waals surface area contributed by atoms with E-state index in [1.807, 2.05) is 29.2 Å². The fourth-order valence-corrected chi connectivity index (χ4v) is 4.55. The van der Waals surface area contributed by atoms with Gasteiger partial charge in [0.25, 0.3) is 0 Å². The molecule has 0 aromatic heterocycles. The highest BCUT2D eigenvalue weighted by atomic mass is 19.1. The van der Waals surface area contributed by atoms with Crippen molar-refractivity contribution in [1.29, 1.82) is 0 Å². The molecule has 4 rings (SSSR count). The van der Waals surface area contributed by atoms with Crippen molar-refractivity contribution in [1.82, 2.24) is 15.1 Å². The van der Waals surface area contributed by atoms with E-state index < -0.39 is 0 Å². The van der Waals surface area contributed by atoms with E-state index in [-0.39, 0.29) is 36.1 Å². The second-order valence-corrected chi connectivity index (χ2v) is 7.74. The van der Waals surface area contributed by atoms with Crippen molar-refractivity contribution in [2.45, 2.75) is 31.8 Å². The number of hydrogen-bond donors (Lipinski definition) is 1. The predicted molar refractivity (Wildman–Crippen MR) is 109 cm³/mol. The fraction of sp³-hybridized carbons (Fsp3) is 0.391. The first-order valence-corrected chi connectivity index (χ1v) is 10.2. The van der Waals surface area contributed by atoms with Crippen molar-refractivity contribution in [3.8, 4) is 0 Å². The number of hydrogen-bond acceptors (Lipinski definition) is 3. The normalized spacial score (nSPS) is 21.6. The minimum atomic E-state index is -0.301. The lowest BCUT2D eigenvalue weighted by atomic mass is 9.90. The molecule has 1 N–H and O–H groups in total. The quantitative estimate of drug-likeness (QED) is 0.870. The molecule has 152 valence electrons. The lowest BCUT2D eigenvalue weighted by molar-refractivity contribution is -0.138. The summed E-state index contributed by atoms with van der Waals surface area (Å²) >= 11 is 0. The van der Waals surface area contributed by atoms with Crippen molar-refractivity contribution in [2.24, 2.45) is 0 Å². The molecular weight excluding hydrogens is 369 g/mol. The molecule has 6 heteroatoms. The first kappa shape index (κ1) is 19.6. The molecular formula is C23H26FN3O2. The lowest BCUT2D eigenvalue weighted by Gasteiger charge is -2.40. The molecule has 2 atom stereocenters. The monoisotopic (exact) mass is 395 g/mol. The van der Waals surface area contributed by atoms with Gasteiger partial charge in [-0.15, -0.1) is 0 Å². The van der Waals surface area contributed by atoms with Crippen molar-refractivity contribution in [3.63, 3.8) is 0 Å². The zero-order valence-corrected chi connectivity index (χ0v) is 16.6. The average Bonchev–Trinajstić information content (AvgIpc) is 2.73. The van der Waals surface area contributed by atoms with Crippen LogP contribution in [0.3, 0.4) is 0 Å². The van der Waals surface area contributed by atoms with Crippen LogP contribution in [0.2, 0.25) is 0 Å². The number of nitrogens with one attached hydrogen (secondary N) is 1. The number of halogens is 1. The minimum Gasteiger partial charge on any atom is -0.335 e. The summed E-state index contributed by atoms with van der Waals surface area (Å²) in [6.07, 6.45) is 1.04. The Morgan fingerprint density at radius 3 is 2.72 bits per heavy atom. The van der Waals surface area contributed by atoms with Gasteiger partial charge in [0.15, 0.2) is 0 Å². The van der Waals surface area contributed by atoms with Crippen LogP contribution in [0.25, 0.3) is 0 Å². The number of piperazine rings is 1. The number of benzene rings is 2. The minimum absolute atomic E-state index is 0.00582. The number of fused-ring (bicyclic) bond motifs is 1. The predicted octanol–water partition coefficient (Wildman–Crippen LogP) is 2.83. The highest BCUT2D eigenvalue weighted by Crippen LogP contribution is 2.34. The molecule has 2 unspecified atom stereocenters. The Labute approximate surface area is 170 Å². The van der Waals surface area contributed by atoms with E-state index in [0.717, 1.165) is 17.5 Å². The molecule has 0 spiro atoms. The molecule has 1 fully saturated rings. The molecule has 2 aromatic rings. The first-order chi connectivity index (χ1) is 14.0. The molecule has 5 nitrogen and oxygen atoms in total. The molecule has 29 heavy (non-hydrogen) atoms. The van der Waals surface area contributed by atoms with E-state index >= 15 is 0 Å². The second kappa shape index (κ2) is 8.33. The van der Waals surface area contributed by atoms with Crippen LogP contribution >= 0.6 is 0 Å². The molecule has 2 heterocycles. The van der Waals surface area contributed by atoms with Crippen molar-refractivity contribution in [3.05, 3.63) is 71.0 Å². The molecule has 0 saturated carbocycles. The van der Waals surface area contributed by atoms with Crippen molar-refractivity contribution >= 4 is 11.8 Å². The molecule has 0 aliphatic carbocycles. The van der Waals surface area contributed by atoms with Crippen LogP contribution in [-0.2, 0) is 16.0 Å². The zero-order chi connectivity index (χ0) is 20.4. The third-order valence-corrected chi connectivity index (χ3v) is 5.98. The van der Waals surface area contributed by atoms with Crippen LogP contribution in [0.1, 0.15) is 42.1 Å². The summed E-state index contributed by atoms with van der Waals surface area (Å²) in [7, 11) is 0. The van der Waals surface area contributed by atoms with Crippen molar-refractivity contribution < 1.29 is 14.0 Å². The van der Waals surface area contributed by atoms with Gasteiger partial charge in [0, 0.05) is 33.1 Å². The van der Waals surface area contributed by atoms with Crippen LogP contribution < -0.4 is 5.32 Å². The van der Waals surface area contributed by atoms with Crippen LogP contribution in [0.5, 0.6) is 0 Å². The Balaban J connectivity index is 1.60. The summed E-state index contributed by atoms with van der Waals surface area (Å²) in [5.74, 6) is -0.322. The van der Waals surface area contributed by atoms with E-state index in [1.54, 1.807) is 17.9 Å². The first-order valence-electron chi connectivity index (χ1n) is 10.2. The van der Waals surface area contributed by atoms with Crippen molar-refractivity contribution in [2.75, 3.05) is 26.2 Å². The fourth-order valence-electron chi connectivity index (χ4n) is 4.55. The van der Waals surface area contributed by atoms with E-state index in [2.05, 4.69) is 11.4 Å². The summed E-state index contributed by atoms with van der Waals surface area (Å²) in [5.41, 5.74) is 3.04. The van der Waals surface area contributed by atoms with Gasteiger partial charge >= 0.3 is 0 Å². The smallest absolute Gasteiger partial charge is 0.225 e. The van der Waals surface area contributed by atoms with Crippen LogP contribution in [0.15, 0.2) is 48.5 Å². The summed E-state index contributed by atoms with van der Waals surface area (Å²) in [4.78, 5) is 29.3. The number of amides is 2. The standard InChI is InChI=1S/C23H26FN3O2/c1-16(28)26-11-9-17-5-2-3-8-20(17)21(26)14-23(29)27-12-10-25-15-22(27)18-6-4-7-19(24)13-18/h2-8,13,21-22,25H,9-12,14-15H2,1H3. The van der Waals surface area contributed by atoms with Crippen LogP contribution in [-0.4, -0.2) is 47.8 Å². The Kier molecular flexibility index (Phi) is 5.62. The molecule has 2 aliphatic rings. The molecule has 2 aliphatic heterocycles. The number of carbonyl (C=O) groups is 2. The molecule has 2 amide bonds. The second-order valence-electron chi connectivity index (χ2n) is 7.74. The van der Waals surface area contributed by atoms with Gasteiger partial charge < -0.3 is 15.1 Å². The lowest BCUT2D eigenvalue weighted by Crippen LogP contribution is -2.50. The third kappa shape index (κ3) is 4.03. The third-order valence-electron chi connectivity index (χ3n) is 5.98. The van der Waals surface area contributed by atoms with Gasteiger partial charge in [-0.3, -0.25) is 9.59 Å². The van der Waals surface area contributed by atoms with E-state index in [0.29, 0.717) is 26.2 Å². The Morgan fingerprint density at radius 2 is 1.93 bits per heavy atom. The van der Waals surface area contributed by atoms with Gasteiger partial charge in [0.1, 0.15) is 5.82 Å². The molecule has 0 radical (unpaired) electrons. The molecule has 2 aromatic carbocycles. The zero-order valence-electron chi connectivity index (χ0n) is 16.6. The Bertz CT molecular complexity index is 917. The van der Waals surface area contributed by atoms with Gasteiger partial charge in [0.2, 0.25) is 11.8 Å². The maximum Gasteiger partial charge on any atom is 0.225 e. The molecule has 0 bridgehead atoms. The highest BCUT2D eigenvalue weighted by molar-refractivity contribution is 5.80. The average molecular weight is 395 g/mol. The Morgan fingerprint density at radius 1 is 1.10 bits per heavy atom. The highest BCUT2D eigenvalue weighted by Gasteiger charge is 2.34. The van der Waals surface area contributed by atoms with Gasteiger partial charge in [-0.1, -0.05) is 36.4 Å². The van der Waals surface area contributed by atoms with E-state index in [4.69, 9.17) is 0 Å². The number of carbonyl (C=O) groups excluding carboxylic acids is 2. The van der Waals surface area contributed by atoms with Gasteiger partial charge in [-0.2, -0.15) is 0 Å². The number of rotatable bonds is 3. The maximum atomic E-state index is 13.8. The molecule has 1 saturated heterocycles. The van der Waals surface area contributed by atoms with Gasteiger partial charge in [0.05, 0.1) is 18.5 Å². The summed E-state index contributed by atoms with van der Waals surface area (Å²) < 4.78 is 13.8. The Hall–Kier alpha value is -2.73. The SMILES string of the molecule is CC(=O)N1CCc2ccccc2C1CC(=O)N1CCNCC1c1cccc(F)c1.